The van der Waals surface area contributed by atoms with Crippen molar-refractivity contribution in [2.45, 2.75) is 88.4 Å². The molecule has 0 saturated heterocycles. The number of aryl methyl sites for hydroxylation is 1. The fraction of sp³-hybridized carbons (Fsp3) is 0.613. The van der Waals surface area contributed by atoms with Gasteiger partial charge in [-0.05, 0) is 105 Å². The quantitative estimate of drug-likeness (QED) is 0.105. The molecule has 0 aliphatic heterocycles. The minimum Gasteiger partial charge on any atom is -0.366 e. The van der Waals surface area contributed by atoms with Crippen LogP contribution in [0.3, 0.4) is 0 Å². The van der Waals surface area contributed by atoms with E-state index in [0.717, 1.165) is 83.1 Å². The number of nitrogens with zero attached hydrogens (tertiary/aromatic N) is 3. The van der Waals surface area contributed by atoms with Crippen molar-refractivity contribution in [1.29, 1.82) is 0 Å². The van der Waals surface area contributed by atoms with Gasteiger partial charge in [0.25, 0.3) is 5.91 Å². The van der Waals surface area contributed by atoms with Gasteiger partial charge < -0.3 is 20.9 Å². The summed E-state index contributed by atoms with van der Waals surface area (Å²) < 4.78 is 12.3. The topological polar surface area (TPSA) is 99.3 Å². The summed E-state index contributed by atoms with van der Waals surface area (Å²) >= 11 is 7.79. The second-order valence-corrected chi connectivity index (χ2v) is 14.2. The fourth-order valence-electron chi connectivity index (χ4n) is 5.20. The minimum absolute atomic E-state index is 0.120. The molecule has 1 aliphatic carbocycles. The summed E-state index contributed by atoms with van der Waals surface area (Å²) in [6, 6.07) is 5.69. The summed E-state index contributed by atoms with van der Waals surface area (Å²) in [5, 5.41) is 10.1. The van der Waals surface area contributed by atoms with Crippen LogP contribution in [0.5, 0.6) is 0 Å². The summed E-state index contributed by atoms with van der Waals surface area (Å²) in [6.07, 6.45) is 11.5. The number of hydrogen-bond acceptors (Lipinski definition) is 6. The molecule has 1 unspecified atom stereocenters. The van der Waals surface area contributed by atoms with E-state index in [1.54, 1.807) is 41.8 Å². The Morgan fingerprint density at radius 3 is 2.52 bits per heavy atom. The summed E-state index contributed by atoms with van der Waals surface area (Å²) in [6.45, 7) is 8.49. The molecule has 42 heavy (non-hydrogen) atoms. The lowest BCUT2D eigenvalue weighted by atomic mass is 9.85. The molecule has 2 aromatic heterocycles. The number of alkyl halides is 2. The molecule has 2 aromatic rings. The zero-order chi connectivity index (χ0) is 30.5. The van der Waals surface area contributed by atoms with Crippen molar-refractivity contribution in [1.82, 2.24) is 25.5 Å². The molecule has 1 atom stereocenters. The van der Waals surface area contributed by atoms with Crippen LogP contribution in [0.4, 0.5) is 10.2 Å². The van der Waals surface area contributed by atoms with Gasteiger partial charge in [0.1, 0.15) is 5.82 Å². The molecule has 2 amide bonds. The fourth-order valence-corrected chi connectivity index (χ4v) is 5.55. The number of halogens is 3. The Balaban J connectivity index is 1.25. The lowest BCUT2D eigenvalue weighted by molar-refractivity contribution is -0.129. The average molecular weight is 715 g/mol. The number of carbonyl (C=O) groups excluding carboxylic acids is 2. The molecule has 1 saturated carbocycles. The maximum absolute atomic E-state index is 13.6. The standard InChI is InChI=1S/C31H45ClFIN6O2/c1-22-28(16-26(32)19-36-22)30(42)39-27-11-8-24(9-12-27)20-40(23(2)41)15-7-5-4-6-14-35-17-25-10-13-29(37-18-25)38-21-31(3,33)34/h10,13,16,18-19,24,27,35H,4-9,11-12,14-15,17,20-21H2,1-3H3,(H,37,38)(H,39,42). The number of carbonyl (C=O) groups is 2. The second-order valence-electron chi connectivity index (χ2n) is 11.5. The zero-order valence-corrected chi connectivity index (χ0v) is 27.9. The smallest absolute Gasteiger partial charge is 0.253 e. The maximum Gasteiger partial charge on any atom is 0.253 e. The van der Waals surface area contributed by atoms with Crippen molar-refractivity contribution in [3.05, 3.63) is 52.4 Å². The van der Waals surface area contributed by atoms with Crippen molar-refractivity contribution in [3.8, 4) is 0 Å². The highest BCUT2D eigenvalue weighted by molar-refractivity contribution is 14.1. The minimum atomic E-state index is -1.30. The number of aromatic nitrogens is 2. The molecule has 1 fully saturated rings. The number of anilines is 1. The van der Waals surface area contributed by atoms with Gasteiger partial charge in [0.15, 0.2) is 3.68 Å². The third-order valence-corrected chi connectivity index (χ3v) is 8.26. The Labute approximate surface area is 268 Å². The van der Waals surface area contributed by atoms with Gasteiger partial charge in [-0.25, -0.2) is 9.37 Å². The van der Waals surface area contributed by atoms with Crippen molar-refractivity contribution in [2.24, 2.45) is 5.92 Å². The highest BCUT2D eigenvalue weighted by atomic mass is 127. The number of hydrogen-bond donors (Lipinski definition) is 3. The van der Waals surface area contributed by atoms with Crippen molar-refractivity contribution in [2.75, 3.05) is 31.5 Å². The molecule has 8 nitrogen and oxygen atoms in total. The van der Waals surface area contributed by atoms with E-state index in [0.29, 0.717) is 28.0 Å². The first kappa shape index (κ1) is 34.4. The highest BCUT2D eigenvalue weighted by Crippen LogP contribution is 2.26. The highest BCUT2D eigenvalue weighted by Gasteiger charge is 2.25. The van der Waals surface area contributed by atoms with E-state index in [-0.39, 0.29) is 24.4 Å². The predicted octanol–water partition coefficient (Wildman–Crippen LogP) is 6.46. The SMILES string of the molecule is CC(=O)N(CCCCCCNCc1ccc(NCC(C)(F)I)nc1)CC1CCC(NC(=O)c2cc(Cl)cnc2C)CC1. The van der Waals surface area contributed by atoms with Crippen molar-refractivity contribution >= 4 is 51.8 Å². The van der Waals surface area contributed by atoms with Crippen LogP contribution in [-0.2, 0) is 11.3 Å². The molecule has 0 aromatic carbocycles. The van der Waals surface area contributed by atoms with Gasteiger partial charge in [-0.1, -0.05) is 30.5 Å². The molecule has 0 bridgehead atoms. The molecule has 11 heteroatoms. The number of rotatable bonds is 16. The lowest BCUT2D eigenvalue weighted by Crippen LogP contribution is -2.41. The molecular formula is C31H45ClFIN6O2. The summed E-state index contributed by atoms with van der Waals surface area (Å²) in [4.78, 5) is 35.5. The van der Waals surface area contributed by atoms with Crippen molar-refractivity contribution in [3.63, 3.8) is 0 Å². The summed E-state index contributed by atoms with van der Waals surface area (Å²) in [5.74, 6) is 1.16. The van der Waals surface area contributed by atoms with Gasteiger partial charge in [0.2, 0.25) is 5.91 Å². The van der Waals surface area contributed by atoms with E-state index in [9.17, 15) is 14.0 Å². The van der Waals surface area contributed by atoms with Crippen LogP contribution in [0.25, 0.3) is 0 Å². The van der Waals surface area contributed by atoms with Crippen LogP contribution in [0.1, 0.15) is 86.8 Å². The third kappa shape index (κ3) is 12.7. The monoisotopic (exact) mass is 714 g/mol. The van der Waals surface area contributed by atoms with Crippen LogP contribution in [0.2, 0.25) is 5.02 Å². The van der Waals surface area contributed by atoms with E-state index < -0.39 is 3.68 Å². The van der Waals surface area contributed by atoms with E-state index in [4.69, 9.17) is 11.6 Å². The Hall–Kier alpha value is -2.05. The number of unbranched alkanes of at least 4 members (excludes halogenated alkanes) is 3. The summed E-state index contributed by atoms with van der Waals surface area (Å²) in [5.41, 5.74) is 2.30. The van der Waals surface area contributed by atoms with Crippen LogP contribution in [-0.4, -0.2) is 62.6 Å². The maximum atomic E-state index is 13.6. The molecule has 0 radical (unpaired) electrons. The molecule has 2 heterocycles. The van der Waals surface area contributed by atoms with Crippen LogP contribution in [0.15, 0.2) is 30.6 Å². The van der Waals surface area contributed by atoms with Gasteiger partial charge in [-0.3, -0.25) is 14.6 Å². The van der Waals surface area contributed by atoms with Gasteiger partial charge in [-0.2, -0.15) is 0 Å². The van der Waals surface area contributed by atoms with E-state index in [1.807, 2.05) is 30.2 Å². The van der Waals surface area contributed by atoms with Crippen LogP contribution in [0, 0.1) is 12.8 Å². The first-order valence-electron chi connectivity index (χ1n) is 15.0. The van der Waals surface area contributed by atoms with E-state index >= 15 is 0 Å². The molecule has 0 spiro atoms. The summed E-state index contributed by atoms with van der Waals surface area (Å²) in [7, 11) is 0. The molecular weight excluding hydrogens is 670 g/mol. The Morgan fingerprint density at radius 2 is 1.86 bits per heavy atom. The largest absolute Gasteiger partial charge is 0.366 e. The van der Waals surface area contributed by atoms with Gasteiger partial charge in [0.05, 0.1) is 22.8 Å². The third-order valence-electron chi connectivity index (χ3n) is 7.67. The Morgan fingerprint density at radius 1 is 1.12 bits per heavy atom. The van der Waals surface area contributed by atoms with Crippen molar-refractivity contribution < 1.29 is 14.0 Å². The zero-order valence-electron chi connectivity index (χ0n) is 25.0. The first-order chi connectivity index (χ1) is 20.0. The van der Waals surface area contributed by atoms with E-state index in [2.05, 4.69) is 25.9 Å². The average Bonchev–Trinajstić information content (AvgIpc) is 2.95. The second kappa shape index (κ2) is 17.3. The normalized spacial score (nSPS) is 18.2. The Bertz CT molecular complexity index is 1140. The van der Waals surface area contributed by atoms with Gasteiger partial charge >= 0.3 is 0 Å². The van der Waals surface area contributed by atoms with E-state index in [1.165, 1.54) is 6.92 Å². The molecule has 3 N–H and O–H groups in total. The van der Waals surface area contributed by atoms with Gasteiger partial charge in [0, 0.05) is 45.0 Å². The number of nitrogens with one attached hydrogen (secondary N) is 3. The van der Waals surface area contributed by atoms with Crippen LogP contribution < -0.4 is 16.0 Å². The van der Waals surface area contributed by atoms with Gasteiger partial charge in [-0.15, -0.1) is 0 Å². The lowest BCUT2D eigenvalue weighted by Gasteiger charge is -2.33. The number of pyridine rings is 2. The predicted molar refractivity (Wildman–Crippen MR) is 176 cm³/mol. The molecule has 3 rings (SSSR count). The Kier molecular flexibility index (Phi) is 14.2. The number of amides is 2. The first-order valence-corrected chi connectivity index (χ1v) is 16.4. The molecule has 1 aliphatic rings. The molecule has 232 valence electrons. The van der Waals surface area contributed by atoms with Crippen LogP contribution >= 0.6 is 34.2 Å².